The van der Waals surface area contributed by atoms with Crippen molar-refractivity contribution in [3.8, 4) is 5.75 Å². The molecule has 2 aromatic heterocycles. The maximum atomic E-state index is 13.8. The van der Waals surface area contributed by atoms with Gasteiger partial charge in [0.25, 0.3) is 0 Å². The summed E-state index contributed by atoms with van der Waals surface area (Å²) in [5, 5.41) is 15.9. The summed E-state index contributed by atoms with van der Waals surface area (Å²) >= 11 is 0. The Labute approximate surface area is 188 Å². The lowest BCUT2D eigenvalue weighted by Gasteiger charge is -2.35. The zero-order chi connectivity index (χ0) is 22.5. The zero-order valence-corrected chi connectivity index (χ0v) is 18.9. The standard InChI is InChI=1S/C22H33FN8O/c1-30-11-9-16(10-12-30)31(2)22-28-20(25-15-7-5-3-4-6-8-15)27-21(29-22)26-19-13-17(23)18(32)14-24-19/h13-16,32H,3-12H2,1-2H3,(H2,24,25,26,27,28,29). The lowest BCUT2D eigenvalue weighted by atomic mass is 10.0. The topological polar surface area (TPSA) is 102 Å². The molecule has 0 radical (unpaired) electrons. The van der Waals surface area contributed by atoms with E-state index in [1.807, 2.05) is 7.05 Å². The molecule has 2 aliphatic rings. The molecule has 2 aromatic rings. The Morgan fingerprint density at radius 1 is 1.03 bits per heavy atom. The molecule has 1 saturated heterocycles. The molecule has 10 heteroatoms. The number of anilines is 4. The minimum atomic E-state index is -0.753. The third kappa shape index (κ3) is 5.73. The molecular formula is C22H33FN8O. The molecule has 1 aliphatic heterocycles. The van der Waals surface area contributed by atoms with Gasteiger partial charge in [0.2, 0.25) is 17.8 Å². The average Bonchev–Trinajstić information content (AvgIpc) is 3.05. The van der Waals surface area contributed by atoms with Gasteiger partial charge in [-0.05, 0) is 45.8 Å². The molecule has 9 nitrogen and oxygen atoms in total. The predicted molar refractivity (Wildman–Crippen MR) is 123 cm³/mol. The summed E-state index contributed by atoms with van der Waals surface area (Å²) in [7, 11) is 4.16. The van der Waals surface area contributed by atoms with E-state index in [0.29, 0.717) is 29.9 Å². The number of aromatic hydroxyl groups is 1. The van der Waals surface area contributed by atoms with Gasteiger partial charge in [-0.1, -0.05) is 25.7 Å². The van der Waals surface area contributed by atoms with Crippen LogP contribution in [0, 0.1) is 5.82 Å². The van der Waals surface area contributed by atoms with Crippen molar-refractivity contribution in [3.05, 3.63) is 18.1 Å². The van der Waals surface area contributed by atoms with E-state index in [0.717, 1.165) is 51.0 Å². The van der Waals surface area contributed by atoms with Crippen LogP contribution in [0.5, 0.6) is 5.75 Å². The van der Waals surface area contributed by atoms with Gasteiger partial charge in [0.1, 0.15) is 5.82 Å². The van der Waals surface area contributed by atoms with E-state index in [1.54, 1.807) is 0 Å². The predicted octanol–water partition coefficient (Wildman–Crippen LogP) is 3.52. The lowest BCUT2D eigenvalue weighted by Crippen LogP contribution is -2.42. The van der Waals surface area contributed by atoms with E-state index >= 15 is 0 Å². The molecule has 174 valence electrons. The van der Waals surface area contributed by atoms with Gasteiger partial charge in [0, 0.05) is 25.2 Å². The Kier molecular flexibility index (Phi) is 7.19. The Morgan fingerprint density at radius 2 is 1.72 bits per heavy atom. The van der Waals surface area contributed by atoms with Crippen LogP contribution in [0.3, 0.4) is 0 Å². The number of nitrogens with one attached hydrogen (secondary N) is 2. The molecule has 2 fully saturated rings. The van der Waals surface area contributed by atoms with Crippen LogP contribution in [-0.4, -0.2) is 69.2 Å². The van der Waals surface area contributed by atoms with Gasteiger partial charge in [0.05, 0.1) is 6.20 Å². The summed E-state index contributed by atoms with van der Waals surface area (Å²) in [6.45, 7) is 2.07. The first-order valence-corrected chi connectivity index (χ1v) is 11.5. The first-order chi connectivity index (χ1) is 15.5. The summed E-state index contributed by atoms with van der Waals surface area (Å²) in [6.07, 6.45) is 10.3. The lowest BCUT2D eigenvalue weighted by molar-refractivity contribution is 0.252. The van der Waals surface area contributed by atoms with Crippen LogP contribution in [0.25, 0.3) is 0 Å². The van der Waals surface area contributed by atoms with Crippen LogP contribution >= 0.6 is 0 Å². The third-order valence-corrected chi connectivity index (χ3v) is 6.44. The molecule has 1 saturated carbocycles. The van der Waals surface area contributed by atoms with Crippen LogP contribution in [-0.2, 0) is 0 Å². The summed E-state index contributed by atoms with van der Waals surface area (Å²) in [5.41, 5.74) is 0. The van der Waals surface area contributed by atoms with Crippen molar-refractivity contribution >= 4 is 23.7 Å². The molecular weight excluding hydrogens is 411 g/mol. The Hall–Kier alpha value is -2.75. The van der Waals surface area contributed by atoms with Crippen molar-refractivity contribution in [1.29, 1.82) is 0 Å². The fourth-order valence-electron chi connectivity index (χ4n) is 4.40. The van der Waals surface area contributed by atoms with Crippen molar-refractivity contribution in [2.24, 2.45) is 0 Å². The van der Waals surface area contributed by atoms with E-state index in [2.05, 4.69) is 42.4 Å². The highest BCUT2D eigenvalue weighted by atomic mass is 19.1. The second-order valence-corrected chi connectivity index (χ2v) is 8.91. The van der Waals surface area contributed by atoms with Gasteiger partial charge < -0.3 is 25.5 Å². The van der Waals surface area contributed by atoms with E-state index in [1.165, 1.54) is 25.7 Å². The molecule has 3 N–H and O–H groups in total. The smallest absolute Gasteiger partial charge is 0.235 e. The van der Waals surface area contributed by atoms with Gasteiger partial charge in [-0.3, -0.25) is 0 Å². The Balaban J connectivity index is 1.58. The highest BCUT2D eigenvalue weighted by molar-refractivity contribution is 5.53. The van der Waals surface area contributed by atoms with E-state index in [-0.39, 0.29) is 5.82 Å². The molecule has 0 atom stereocenters. The maximum Gasteiger partial charge on any atom is 0.235 e. The number of piperidine rings is 1. The summed E-state index contributed by atoms with van der Waals surface area (Å²) in [5.74, 6) is 0.362. The molecule has 32 heavy (non-hydrogen) atoms. The van der Waals surface area contributed by atoms with Crippen LogP contribution in [0.1, 0.15) is 51.4 Å². The monoisotopic (exact) mass is 444 g/mol. The van der Waals surface area contributed by atoms with Gasteiger partial charge in [-0.15, -0.1) is 0 Å². The molecule has 1 aliphatic carbocycles. The summed E-state index contributed by atoms with van der Waals surface area (Å²) < 4.78 is 13.8. The van der Waals surface area contributed by atoms with Crippen molar-refractivity contribution < 1.29 is 9.50 Å². The van der Waals surface area contributed by atoms with Crippen LogP contribution in [0.15, 0.2) is 12.3 Å². The number of halogens is 1. The highest BCUT2D eigenvalue weighted by Crippen LogP contribution is 2.25. The fraction of sp³-hybridized carbons (Fsp3) is 0.636. The third-order valence-electron chi connectivity index (χ3n) is 6.44. The van der Waals surface area contributed by atoms with E-state index < -0.39 is 11.6 Å². The number of hydrogen-bond donors (Lipinski definition) is 3. The maximum absolute atomic E-state index is 13.8. The Morgan fingerprint density at radius 3 is 2.41 bits per heavy atom. The largest absolute Gasteiger partial charge is 0.504 e. The number of hydrogen-bond acceptors (Lipinski definition) is 9. The first-order valence-electron chi connectivity index (χ1n) is 11.5. The number of likely N-dealkylation sites (tertiary alicyclic amines) is 1. The molecule has 4 rings (SSSR count). The fourth-order valence-corrected chi connectivity index (χ4v) is 4.40. The van der Waals surface area contributed by atoms with Crippen LogP contribution < -0.4 is 15.5 Å². The molecule has 0 bridgehead atoms. The van der Waals surface area contributed by atoms with Gasteiger partial charge in [0.15, 0.2) is 11.6 Å². The second kappa shape index (κ2) is 10.2. The molecule has 0 aromatic carbocycles. The van der Waals surface area contributed by atoms with Gasteiger partial charge in [-0.25, -0.2) is 9.37 Å². The minimum Gasteiger partial charge on any atom is -0.504 e. The first kappa shape index (κ1) is 22.4. The van der Waals surface area contributed by atoms with Crippen LogP contribution in [0.2, 0.25) is 0 Å². The minimum absolute atomic E-state index is 0.222. The zero-order valence-electron chi connectivity index (χ0n) is 18.9. The molecule has 0 spiro atoms. The number of nitrogens with zero attached hydrogens (tertiary/aromatic N) is 6. The number of aromatic nitrogens is 4. The second-order valence-electron chi connectivity index (χ2n) is 8.91. The van der Waals surface area contributed by atoms with Crippen molar-refractivity contribution in [2.45, 2.75) is 63.5 Å². The van der Waals surface area contributed by atoms with E-state index in [4.69, 9.17) is 4.98 Å². The SMILES string of the molecule is CN1CCC(N(C)c2nc(Nc3cc(F)c(O)cn3)nc(NC3CCCCCC3)n2)CC1. The summed E-state index contributed by atoms with van der Waals surface area (Å²) in [6, 6.07) is 1.80. The quantitative estimate of drug-likeness (QED) is 0.578. The summed E-state index contributed by atoms with van der Waals surface area (Å²) in [4.78, 5) is 22.3. The van der Waals surface area contributed by atoms with Crippen molar-refractivity contribution in [1.82, 2.24) is 24.8 Å². The highest BCUT2D eigenvalue weighted by Gasteiger charge is 2.24. The number of rotatable bonds is 6. The Bertz CT molecular complexity index is 897. The van der Waals surface area contributed by atoms with Gasteiger partial charge in [-0.2, -0.15) is 15.0 Å². The average molecular weight is 445 g/mol. The van der Waals surface area contributed by atoms with Gasteiger partial charge >= 0.3 is 0 Å². The normalized spacial score (nSPS) is 18.8. The van der Waals surface area contributed by atoms with Crippen LogP contribution in [0.4, 0.5) is 28.1 Å². The molecule has 0 unspecified atom stereocenters. The molecule has 0 amide bonds. The van der Waals surface area contributed by atoms with E-state index in [9.17, 15) is 9.50 Å². The molecule has 3 heterocycles. The van der Waals surface area contributed by atoms with Crippen molar-refractivity contribution in [3.63, 3.8) is 0 Å². The van der Waals surface area contributed by atoms with Crippen molar-refractivity contribution in [2.75, 3.05) is 42.7 Å². The number of pyridine rings is 1.